The molecule has 1 unspecified atom stereocenters. The SMILES string of the molecule is O=[N+]([O-])c1c(F)cccc1NCC1CCCCS1. The number of nitro benzene ring substituents is 1. The molecule has 0 aromatic heterocycles. The first-order chi connectivity index (χ1) is 8.68. The lowest BCUT2D eigenvalue weighted by molar-refractivity contribution is -0.386. The Kier molecular flexibility index (Phi) is 4.41. The van der Waals surface area contributed by atoms with Crippen LogP contribution in [0.5, 0.6) is 0 Å². The fraction of sp³-hybridized carbons (Fsp3) is 0.500. The number of rotatable bonds is 4. The summed E-state index contributed by atoms with van der Waals surface area (Å²) in [6.07, 6.45) is 3.55. The van der Waals surface area contributed by atoms with E-state index in [1.165, 1.54) is 18.9 Å². The maximum Gasteiger partial charge on any atom is 0.327 e. The Morgan fingerprint density at radius 3 is 3.00 bits per heavy atom. The first-order valence-corrected chi connectivity index (χ1v) is 7.01. The molecule has 0 aliphatic carbocycles. The van der Waals surface area contributed by atoms with Gasteiger partial charge in [-0.25, -0.2) is 0 Å². The third-order valence-corrected chi connectivity index (χ3v) is 4.36. The van der Waals surface area contributed by atoms with Crippen molar-refractivity contribution in [2.45, 2.75) is 24.5 Å². The molecule has 4 nitrogen and oxygen atoms in total. The smallest absolute Gasteiger partial charge is 0.327 e. The van der Waals surface area contributed by atoms with Gasteiger partial charge in [0.1, 0.15) is 5.69 Å². The molecule has 1 atom stereocenters. The molecule has 1 N–H and O–H groups in total. The highest BCUT2D eigenvalue weighted by atomic mass is 32.2. The molecule has 0 saturated carbocycles. The Hall–Kier alpha value is -1.30. The van der Waals surface area contributed by atoms with Crippen LogP contribution in [0, 0.1) is 15.9 Å². The monoisotopic (exact) mass is 270 g/mol. The lowest BCUT2D eigenvalue weighted by atomic mass is 10.2. The average molecular weight is 270 g/mol. The van der Waals surface area contributed by atoms with E-state index >= 15 is 0 Å². The number of hydrogen-bond acceptors (Lipinski definition) is 4. The maximum absolute atomic E-state index is 13.4. The van der Waals surface area contributed by atoms with E-state index in [-0.39, 0.29) is 5.69 Å². The lowest BCUT2D eigenvalue weighted by Gasteiger charge is -2.21. The second kappa shape index (κ2) is 6.04. The molecule has 1 saturated heterocycles. The standard InChI is InChI=1S/C12H15FN2O2S/c13-10-5-3-6-11(12(10)15(16)17)14-8-9-4-1-2-7-18-9/h3,5-6,9,14H,1-2,4,7-8H2. The summed E-state index contributed by atoms with van der Waals surface area (Å²) in [6, 6.07) is 4.14. The summed E-state index contributed by atoms with van der Waals surface area (Å²) in [6.45, 7) is 0.648. The van der Waals surface area contributed by atoms with E-state index in [0.29, 0.717) is 11.8 Å². The normalized spacial score (nSPS) is 19.5. The minimum Gasteiger partial charge on any atom is -0.378 e. The fourth-order valence-corrected chi connectivity index (χ4v) is 3.27. The third kappa shape index (κ3) is 3.13. The van der Waals surface area contributed by atoms with E-state index in [1.807, 2.05) is 11.8 Å². The van der Waals surface area contributed by atoms with Gasteiger partial charge in [0.05, 0.1) is 4.92 Å². The van der Waals surface area contributed by atoms with Gasteiger partial charge < -0.3 is 5.32 Å². The van der Waals surface area contributed by atoms with Crippen molar-refractivity contribution in [2.75, 3.05) is 17.6 Å². The van der Waals surface area contributed by atoms with Crippen molar-refractivity contribution >= 4 is 23.1 Å². The van der Waals surface area contributed by atoms with Crippen LogP contribution >= 0.6 is 11.8 Å². The van der Waals surface area contributed by atoms with E-state index in [1.54, 1.807) is 6.07 Å². The van der Waals surface area contributed by atoms with Crippen LogP contribution in [0.15, 0.2) is 18.2 Å². The number of thioether (sulfide) groups is 1. The van der Waals surface area contributed by atoms with Crippen molar-refractivity contribution in [2.24, 2.45) is 0 Å². The highest BCUT2D eigenvalue weighted by molar-refractivity contribution is 7.99. The van der Waals surface area contributed by atoms with E-state index in [0.717, 1.165) is 18.2 Å². The molecule has 1 fully saturated rings. The van der Waals surface area contributed by atoms with Gasteiger partial charge in [-0.1, -0.05) is 12.5 Å². The summed E-state index contributed by atoms with van der Waals surface area (Å²) in [7, 11) is 0. The molecule has 1 aliphatic heterocycles. The Balaban J connectivity index is 2.04. The van der Waals surface area contributed by atoms with Crippen LogP contribution in [0.3, 0.4) is 0 Å². The minimum absolute atomic E-state index is 0.270. The van der Waals surface area contributed by atoms with Crippen LogP contribution in [0.4, 0.5) is 15.8 Å². The van der Waals surface area contributed by atoms with Gasteiger partial charge >= 0.3 is 5.69 Å². The van der Waals surface area contributed by atoms with Gasteiger partial charge in [0.15, 0.2) is 0 Å². The molecule has 1 aromatic rings. The summed E-state index contributed by atoms with van der Waals surface area (Å²) in [5.74, 6) is 0.346. The lowest BCUT2D eigenvalue weighted by Crippen LogP contribution is -2.20. The zero-order valence-electron chi connectivity index (χ0n) is 9.89. The van der Waals surface area contributed by atoms with Gasteiger partial charge in [-0.15, -0.1) is 0 Å². The molecule has 1 aromatic carbocycles. The Morgan fingerprint density at radius 2 is 2.33 bits per heavy atom. The van der Waals surface area contributed by atoms with Crippen LogP contribution in [0.1, 0.15) is 19.3 Å². The molecule has 0 bridgehead atoms. The van der Waals surface area contributed by atoms with Crippen LogP contribution < -0.4 is 5.32 Å². The molecular weight excluding hydrogens is 255 g/mol. The Labute approximate surface area is 109 Å². The van der Waals surface area contributed by atoms with Crippen molar-refractivity contribution in [3.63, 3.8) is 0 Å². The molecule has 1 heterocycles. The van der Waals surface area contributed by atoms with E-state index in [2.05, 4.69) is 5.32 Å². The van der Waals surface area contributed by atoms with Gasteiger partial charge in [0, 0.05) is 11.8 Å². The Morgan fingerprint density at radius 1 is 1.50 bits per heavy atom. The second-order valence-corrected chi connectivity index (χ2v) is 5.67. The summed E-state index contributed by atoms with van der Waals surface area (Å²) in [5.41, 5.74) is -0.190. The summed E-state index contributed by atoms with van der Waals surface area (Å²) >= 11 is 1.87. The van der Waals surface area contributed by atoms with Crippen molar-refractivity contribution in [1.82, 2.24) is 0 Å². The first-order valence-electron chi connectivity index (χ1n) is 5.97. The molecule has 0 amide bonds. The minimum atomic E-state index is -0.790. The molecule has 18 heavy (non-hydrogen) atoms. The van der Waals surface area contributed by atoms with E-state index < -0.39 is 16.4 Å². The van der Waals surface area contributed by atoms with Crippen molar-refractivity contribution in [3.8, 4) is 0 Å². The van der Waals surface area contributed by atoms with Crippen LogP contribution in [-0.2, 0) is 0 Å². The average Bonchev–Trinajstić information content (AvgIpc) is 2.37. The van der Waals surface area contributed by atoms with E-state index in [9.17, 15) is 14.5 Å². The van der Waals surface area contributed by atoms with Crippen LogP contribution in [-0.4, -0.2) is 22.5 Å². The highest BCUT2D eigenvalue weighted by Gasteiger charge is 2.21. The fourth-order valence-electron chi connectivity index (χ4n) is 2.04. The van der Waals surface area contributed by atoms with Crippen molar-refractivity contribution < 1.29 is 9.31 Å². The number of halogens is 1. The van der Waals surface area contributed by atoms with Gasteiger partial charge in [-0.3, -0.25) is 10.1 Å². The maximum atomic E-state index is 13.4. The summed E-state index contributed by atoms with van der Waals surface area (Å²) in [5, 5.41) is 14.3. The van der Waals surface area contributed by atoms with Gasteiger partial charge in [-0.2, -0.15) is 16.2 Å². The third-order valence-electron chi connectivity index (χ3n) is 2.96. The topological polar surface area (TPSA) is 55.2 Å². The molecular formula is C12H15FN2O2S. The first kappa shape index (κ1) is 13.1. The van der Waals surface area contributed by atoms with Crippen molar-refractivity contribution in [1.29, 1.82) is 0 Å². The number of nitrogens with zero attached hydrogens (tertiary/aromatic N) is 1. The molecule has 2 rings (SSSR count). The van der Waals surface area contributed by atoms with Gasteiger partial charge in [-0.05, 0) is 30.7 Å². The largest absolute Gasteiger partial charge is 0.378 e. The molecule has 0 radical (unpaired) electrons. The molecule has 98 valence electrons. The van der Waals surface area contributed by atoms with Gasteiger partial charge in [0.2, 0.25) is 5.82 Å². The van der Waals surface area contributed by atoms with Crippen LogP contribution in [0.25, 0.3) is 0 Å². The Bertz CT molecular complexity index is 436. The highest BCUT2D eigenvalue weighted by Crippen LogP contribution is 2.29. The number of nitrogens with one attached hydrogen (secondary N) is 1. The summed E-state index contributed by atoms with van der Waals surface area (Å²) in [4.78, 5) is 10.1. The number of benzene rings is 1. The number of hydrogen-bond donors (Lipinski definition) is 1. The quantitative estimate of drug-likeness (QED) is 0.672. The predicted molar refractivity (Wildman–Crippen MR) is 71.6 cm³/mol. The van der Waals surface area contributed by atoms with Gasteiger partial charge in [0.25, 0.3) is 0 Å². The zero-order valence-corrected chi connectivity index (χ0v) is 10.7. The van der Waals surface area contributed by atoms with Crippen LogP contribution in [0.2, 0.25) is 0 Å². The van der Waals surface area contributed by atoms with E-state index in [4.69, 9.17) is 0 Å². The number of nitro groups is 1. The molecule has 0 spiro atoms. The second-order valence-electron chi connectivity index (χ2n) is 4.26. The van der Waals surface area contributed by atoms with Crippen molar-refractivity contribution in [3.05, 3.63) is 34.1 Å². The summed E-state index contributed by atoms with van der Waals surface area (Å²) < 4.78 is 13.4. The zero-order chi connectivity index (χ0) is 13.0. The number of para-hydroxylation sites is 1. The molecule has 1 aliphatic rings. The number of anilines is 1. The predicted octanol–water partition coefficient (Wildman–Crippen LogP) is 3.43. The molecule has 6 heteroatoms.